The fourth-order valence-electron chi connectivity index (χ4n) is 2.94. The Morgan fingerprint density at radius 3 is 2.00 bits per heavy atom. The van der Waals surface area contributed by atoms with Crippen LogP contribution in [0.3, 0.4) is 0 Å². The molecular weight excluding hydrogens is 519 g/mol. The topological polar surface area (TPSA) is 92.0 Å². The molecule has 0 saturated heterocycles. The first kappa shape index (κ1) is 27.1. The van der Waals surface area contributed by atoms with Gasteiger partial charge in [-0.05, 0) is 19.1 Å². The number of aliphatic hydroxyl groups is 1. The number of hydrogen-bond donors (Lipinski definition) is 2. The zero-order chi connectivity index (χ0) is 26.7. The van der Waals surface area contributed by atoms with Gasteiger partial charge in [-0.25, -0.2) is 18.6 Å². The molecule has 2 heterocycles. The molecule has 6 nitrogen and oxygen atoms in total. The maximum atomic E-state index is 14.8. The quantitative estimate of drug-likeness (QED) is 0.294. The van der Waals surface area contributed by atoms with Crippen molar-refractivity contribution in [2.45, 2.75) is 31.6 Å². The maximum Gasteiger partial charge on any atom is 0.416 e. The molecule has 36 heavy (non-hydrogen) atoms. The first-order valence-corrected chi connectivity index (χ1v) is 10.7. The summed E-state index contributed by atoms with van der Waals surface area (Å²) < 4.78 is 96.9. The Morgan fingerprint density at radius 1 is 0.972 bits per heavy atom. The summed E-state index contributed by atoms with van der Waals surface area (Å²) in [7, 11) is 0. The van der Waals surface area contributed by atoms with Crippen LogP contribution >= 0.6 is 11.3 Å². The van der Waals surface area contributed by atoms with Crippen LogP contribution in [-0.4, -0.2) is 20.5 Å². The lowest BCUT2D eigenvalue weighted by Crippen LogP contribution is -2.23. The van der Waals surface area contributed by atoms with Gasteiger partial charge in [-0.2, -0.15) is 22.0 Å². The molecule has 4 rings (SSSR count). The Hall–Kier alpha value is -3.52. The van der Waals surface area contributed by atoms with Crippen LogP contribution in [0.25, 0.3) is 10.6 Å². The number of benzene rings is 2. The number of aliphatic hydroxyl groups excluding tert-OH is 1. The van der Waals surface area contributed by atoms with Gasteiger partial charge in [0.2, 0.25) is 0 Å². The molecule has 2 aromatic heterocycles. The fraction of sp³-hybridized carbons (Fsp3) is 0.227. The molecular formula is C22H16F7N3O3S. The van der Waals surface area contributed by atoms with Crippen molar-refractivity contribution in [1.29, 1.82) is 0 Å². The molecule has 0 aliphatic carbocycles. The maximum absolute atomic E-state index is 14.8. The second kappa shape index (κ2) is 10.6. The largest absolute Gasteiger partial charge is 0.416 e. The van der Waals surface area contributed by atoms with Crippen LogP contribution in [-0.2, 0) is 12.1 Å². The average molecular weight is 535 g/mol. The highest BCUT2D eigenvalue weighted by Gasteiger charge is 2.43. The van der Waals surface area contributed by atoms with Crippen molar-refractivity contribution in [2.24, 2.45) is 0 Å². The summed E-state index contributed by atoms with van der Waals surface area (Å²) in [6.07, 6.45) is -8.58. The lowest BCUT2D eigenvalue weighted by atomic mass is 10.00. The summed E-state index contributed by atoms with van der Waals surface area (Å²) in [5.41, 5.74) is -2.02. The van der Waals surface area contributed by atoms with Gasteiger partial charge in [-0.3, -0.25) is 0 Å². The normalized spacial score (nSPS) is 12.8. The number of H-pyrrole nitrogens is 1. The highest BCUT2D eigenvalue weighted by molar-refractivity contribution is 7.15. The minimum absolute atomic E-state index is 0.0891. The predicted octanol–water partition coefficient (Wildman–Crippen LogP) is 6.26. The van der Waals surface area contributed by atoms with Crippen molar-refractivity contribution >= 4 is 11.3 Å². The van der Waals surface area contributed by atoms with Crippen molar-refractivity contribution in [3.05, 3.63) is 92.4 Å². The Bertz CT molecular complexity index is 1310. The number of rotatable bonds is 5. The van der Waals surface area contributed by atoms with Crippen LogP contribution in [0.2, 0.25) is 0 Å². The number of aromatic nitrogens is 3. The monoisotopic (exact) mass is 535 g/mol. The van der Waals surface area contributed by atoms with Gasteiger partial charge in [-0.15, -0.1) is 21.7 Å². The molecule has 2 N–H and O–H groups in total. The van der Waals surface area contributed by atoms with Gasteiger partial charge in [0.05, 0.1) is 16.1 Å². The summed E-state index contributed by atoms with van der Waals surface area (Å²) in [5, 5.41) is 15.7. The molecule has 0 amide bonds. The molecule has 0 aliphatic rings. The minimum atomic E-state index is -4.51. The van der Waals surface area contributed by atoms with Gasteiger partial charge in [0, 0.05) is 16.7 Å². The molecule has 2 aromatic carbocycles. The fourth-order valence-corrected chi connectivity index (χ4v) is 4.04. The van der Waals surface area contributed by atoms with E-state index in [0.717, 1.165) is 53.9 Å². The van der Waals surface area contributed by atoms with Gasteiger partial charge < -0.3 is 9.63 Å². The van der Waals surface area contributed by atoms with Crippen LogP contribution in [0.15, 0.2) is 64.0 Å². The number of hydrogen-bond acceptors (Lipinski definition) is 6. The summed E-state index contributed by atoms with van der Waals surface area (Å²) >= 11 is 0.721. The number of nitrogens with one attached hydrogen (secondary N) is 1. The van der Waals surface area contributed by atoms with E-state index < -0.39 is 46.9 Å². The highest BCUT2D eigenvalue weighted by Crippen LogP contribution is 2.45. The van der Waals surface area contributed by atoms with Crippen LogP contribution in [0.4, 0.5) is 30.7 Å². The molecule has 0 fully saturated rings. The molecule has 192 valence electrons. The Morgan fingerprint density at radius 2 is 1.56 bits per heavy atom. The van der Waals surface area contributed by atoms with E-state index in [1.54, 1.807) is 0 Å². The number of alkyl halides is 7. The second-order valence-electron chi connectivity index (χ2n) is 7.26. The van der Waals surface area contributed by atoms with Crippen molar-refractivity contribution in [1.82, 2.24) is 15.4 Å². The van der Waals surface area contributed by atoms with Crippen molar-refractivity contribution in [3.8, 4) is 10.6 Å². The number of nitrogens with zero attached hydrogens (tertiary/aromatic N) is 2. The van der Waals surface area contributed by atoms with E-state index in [4.69, 9.17) is 0 Å². The number of thiazole rings is 1. The van der Waals surface area contributed by atoms with E-state index in [9.17, 15) is 40.6 Å². The summed E-state index contributed by atoms with van der Waals surface area (Å²) in [6, 6.07) is 7.37. The van der Waals surface area contributed by atoms with Gasteiger partial charge in [0.25, 0.3) is 6.43 Å². The van der Waals surface area contributed by atoms with Gasteiger partial charge >= 0.3 is 17.7 Å². The molecule has 0 saturated carbocycles. The molecule has 0 bridgehead atoms. The SMILES string of the molecule is Cc1nc(-c2ccc(C(F)(F)F)cc2)sc1C(O)C(F)(F)c1ccc(C(F)F)cc1.O=c1cn[nH]o1. The molecule has 14 heteroatoms. The van der Waals surface area contributed by atoms with Gasteiger partial charge in [0.15, 0.2) is 6.10 Å². The Kier molecular flexibility index (Phi) is 7.99. The zero-order valence-electron chi connectivity index (χ0n) is 18.1. The van der Waals surface area contributed by atoms with E-state index in [2.05, 4.69) is 14.6 Å². The van der Waals surface area contributed by atoms with E-state index in [-0.39, 0.29) is 21.1 Å². The lowest BCUT2D eigenvalue weighted by Gasteiger charge is -2.22. The lowest BCUT2D eigenvalue weighted by molar-refractivity contribution is -0.137. The number of halogens is 7. The summed E-state index contributed by atoms with van der Waals surface area (Å²) in [6.45, 7) is 1.39. The van der Waals surface area contributed by atoms with Gasteiger partial charge in [0.1, 0.15) is 11.2 Å². The Balaban J connectivity index is 0.000000526. The second-order valence-corrected chi connectivity index (χ2v) is 8.29. The van der Waals surface area contributed by atoms with Crippen molar-refractivity contribution < 1.29 is 40.4 Å². The first-order valence-electron chi connectivity index (χ1n) is 9.89. The third kappa shape index (κ3) is 6.18. The standard InChI is InChI=1S/C20H14F7NOS.C2H2N2O2/c1-10-15(16(29)19(23,24)13-6-2-11(3-7-13)17(21)22)30-18(28-10)12-4-8-14(9-5-12)20(25,26)27;5-2-1-3-4-6-2/h2-9,16-17,29H,1H3;1,4H. The van der Waals surface area contributed by atoms with Crippen LogP contribution in [0.5, 0.6) is 0 Å². The van der Waals surface area contributed by atoms with E-state index in [0.29, 0.717) is 0 Å². The highest BCUT2D eigenvalue weighted by atomic mass is 32.1. The molecule has 4 aromatic rings. The smallest absolute Gasteiger partial charge is 0.381 e. The van der Waals surface area contributed by atoms with Crippen molar-refractivity contribution in [2.75, 3.05) is 0 Å². The Labute approximate surface area is 202 Å². The first-order chi connectivity index (χ1) is 16.8. The van der Waals surface area contributed by atoms with Crippen LogP contribution in [0, 0.1) is 6.92 Å². The number of aromatic amines is 1. The molecule has 0 spiro atoms. The molecule has 0 radical (unpaired) electrons. The van der Waals surface area contributed by atoms with E-state index in [1.807, 2.05) is 5.27 Å². The third-order valence-electron chi connectivity index (χ3n) is 4.80. The molecule has 1 atom stereocenters. The molecule has 0 aliphatic heterocycles. The van der Waals surface area contributed by atoms with E-state index in [1.165, 1.54) is 19.1 Å². The predicted molar refractivity (Wildman–Crippen MR) is 115 cm³/mol. The molecule has 1 unspecified atom stereocenters. The van der Waals surface area contributed by atoms with Crippen molar-refractivity contribution in [3.63, 3.8) is 0 Å². The van der Waals surface area contributed by atoms with Gasteiger partial charge in [-0.1, -0.05) is 36.4 Å². The summed E-state index contributed by atoms with van der Waals surface area (Å²) in [5.74, 6) is -3.80. The summed E-state index contributed by atoms with van der Waals surface area (Å²) in [4.78, 5) is 13.7. The average Bonchev–Trinajstić information content (AvgIpc) is 3.47. The van der Waals surface area contributed by atoms with E-state index >= 15 is 0 Å². The third-order valence-corrected chi connectivity index (χ3v) is 6.06. The minimum Gasteiger partial charge on any atom is -0.381 e. The zero-order valence-corrected chi connectivity index (χ0v) is 18.9. The van der Waals surface area contributed by atoms with Crippen LogP contribution < -0.4 is 5.63 Å². The number of aryl methyl sites for hydroxylation is 1. The van der Waals surface area contributed by atoms with Crippen LogP contribution in [0.1, 0.15) is 39.8 Å².